The highest BCUT2D eigenvalue weighted by molar-refractivity contribution is 6.00. The first-order chi connectivity index (χ1) is 17.6. The molecular formula is C26H21F2N7O2. The number of nitriles is 2. The number of halogens is 2. The van der Waals surface area contributed by atoms with Gasteiger partial charge in [0.05, 0.1) is 40.2 Å². The number of fused-ring (bicyclic) bond motifs is 1. The number of pyridine rings is 2. The van der Waals surface area contributed by atoms with Crippen LogP contribution in [0.5, 0.6) is 0 Å². The van der Waals surface area contributed by atoms with E-state index in [0.717, 1.165) is 0 Å². The number of hydrogen-bond acceptors (Lipinski definition) is 7. The van der Waals surface area contributed by atoms with E-state index in [4.69, 9.17) is 10.5 Å². The molecule has 4 rings (SSSR count). The van der Waals surface area contributed by atoms with Crippen LogP contribution >= 0.6 is 0 Å². The standard InChI is InChI=1S/C26H21F2N7O2/c1-26(2,37)21(27)14-33-25(36)18-13-31-22(35-7-6-16-8-15(10-29)12-32-24(16)35)9-20(18)34-19-5-3-4-17(11-30)23(19)28/h3-9,12-13,21,37H,14H2,1-2H3,(H,31,34)(H,33,36). The molecule has 0 bridgehead atoms. The molecule has 0 aliphatic carbocycles. The summed E-state index contributed by atoms with van der Waals surface area (Å²) in [7, 11) is 0. The van der Waals surface area contributed by atoms with Gasteiger partial charge in [-0.2, -0.15) is 10.5 Å². The lowest BCUT2D eigenvalue weighted by Gasteiger charge is -2.22. The normalized spacial score (nSPS) is 12.0. The van der Waals surface area contributed by atoms with Gasteiger partial charge in [0.25, 0.3) is 5.91 Å². The van der Waals surface area contributed by atoms with Crippen molar-refractivity contribution in [3.8, 4) is 18.0 Å². The molecular weight excluding hydrogens is 480 g/mol. The topological polar surface area (TPSA) is 140 Å². The van der Waals surface area contributed by atoms with Crippen molar-refractivity contribution in [3.05, 3.63) is 77.5 Å². The molecule has 0 aliphatic rings. The van der Waals surface area contributed by atoms with Crippen molar-refractivity contribution < 1.29 is 18.7 Å². The van der Waals surface area contributed by atoms with Crippen molar-refractivity contribution in [3.63, 3.8) is 0 Å². The summed E-state index contributed by atoms with van der Waals surface area (Å²) < 4.78 is 30.6. The maximum Gasteiger partial charge on any atom is 0.255 e. The smallest absolute Gasteiger partial charge is 0.255 e. The van der Waals surface area contributed by atoms with E-state index in [0.29, 0.717) is 22.4 Å². The highest BCUT2D eigenvalue weighted by atomic mass is 19.1. The van der Waals surface area contributed by atoms with Gasteiger partial charge in [-0.15, -0.1) is 0 Å². The molecule has 0 fully saturated rings. The molecule has 0 radical (unpaired) electrons. The third-order valence-electron chi connectivity index (χ3n) is 5.63. The number of nitrogens with zero attached hydrogens (tertiary/aromatic N) is 5. The van der Waals surface area contributed by atoms with Crippen molar-refractivity contribution in [2.45, 2.75) is 25.6 Å². The molecule has 11 heteroatoms. The Hall–Kier alpha value is -4.87. The lowest BCUT2D eigenvalue weighted by molar-refractivity contribution is -0.00177. The highest BCUT2D eigenvalue weighted by Gasteiger charge is 2.27. The Labute approximate surface area is 210 Å². The third kappa shape index (κ3) is 5.22. The molecule has 0 spiro atoms. The summed E-state index contributed by atoms with van der Waals surface area (Å²) in [4.78, 5) is 21.6. The maximum atomic E-state index is 14.8. The van der Waals surface area contributed by atoms with E-state index in [9.17, 15) is 18.7 Å². The molecule has 0 saturated carbocycles. The third-order valence-corrected chi connectivity index (χ3v) is 5.63. The van der Waals surface area contributed by atoms with E-state index < -0.39 is 30.0 Å². The minimum Gasteiger partial charge on any atom is -0.387 e. The zero-order chi connectivity index (χ0) is 26.7. The van der Waals surface area contributed by atoms with E-state index in [1.54, 1.807) is 29.0 Å². The second-order valence-electron chi connectivity index (χ2n) is 8.76. The largest absolute Gasteiger partial charge is 0.387 e. The summed E-state index contributed by atoms with van der Waals surface area (Å²) in [5.74, 6) is -1.19. The van der Waals surface area contributed by atoms with Crippen LogP contribution in [0.15, 0.2) is 55.0 Å². The minimum atomic E-state index is -1.74. The van der Waals surface area contributed by atoms with E-state index in [1.165, 1.54) is 50.5 Å². The van der Waals surface area contributed by atoms with Gasteiger partial charge in [0.15, 0.2) is 5.82 Å². The Kier molecular flexibility index (Phi) is 6.83. The lowest BCUT2D eigenvalue weighted by Crippen LogP contribution is -2.42. The van der Waals surface area contributed by atoms with Gasteiger partial charge in [-0.1, -0.05) is 6.07 Å². The fourth-order valence-electron chi connectivity index (χ4n) is 3.52. The lowest BCUT2D eigenvalue weighted by atomic mass is 10.0. The number of aromatic nitrogens is 3. The van der Waals surface area contributed by atoms with Gasteiger partial charge in [0, 0.05) is 30.0 Å². The number of hydrogen-bond donors (Lipinski definition) is 3. The van der Waals surface area contributed by atoms with Gasteiger partial charge >= 0.3 is 0 Å². The SMILES string of the molecule is CC(C)(O)C(F)CNC(=O)c1cnc(-n2ccc3cc(C#N)cnc32)cc1Nc1cccc(C#N)c1F. The van der Waals surface area contributed by atoms with Gasteiger partial charge in [0.2, 0.25) is 0 Å². The number of anilines is 2. The quantitative estimate of drug-likeness (QED) is 0.349. The molecule has 1 unspecified atom stereocenters. The number of amides is 1. The first-order valence-electron chi connectivity index (χ1n) is 11.1. The number of alkyl halides is 1. The number of nitrogens with one attached hydrogen (secondary N) is 2. The van der Waals surface area contributed by atoms with Gasteiger partial charge < -0.3 is 15.7 Å². The summed E-state index contributed by atoms with van der Waals surface area (Å²) in [6.07, 6.45) is 2.60. The zero-order valence-electron chi connectivity index (χ0n) is 19.8. The molecule has 3 N–H and O–H groups in total. The van der Waals surface area contributed by atoms with Gasteiger partial charge in [-0.25, -0.2) is 18.7 Å². The second kappa shape index (κ2) is 10.0. The molecule has 1 aromatic carbocycles. The highest BCUT2D eigenvalue weighted by Crippen LogP contribution is 2.28. The Morgan fingerprint density at radius 2 is 1.95 bits per heavy atom. The van der Waals surface area contributed by atoms with Crippen LogP contribution in [0.1, 0.15) is 35.3 Å². The molecule has 9 nitrogen and oxygen atoms in total. The van der Waals surface area contributed by atoms with Gasteiger partial charge in [0.1, 0.15) is 29.8 Å². The minimum absolute atomic E-state index is 0.0235. The van der Waals surface area contributed by atoms with Crippen LogP contribution in [0.3, 0.4) is 0 Å². The van der Waals surface area contributed by atoms with Crippen LogP contribution in [-0.2, 0) is 0 Å². The van der Waals surface area contributed by atoms with Crippen LogP contribution in [0.2, 0.25) is 0 Å². The van der Waals surface area contributed by atoms with E-state index in [-0.39, 0.29) is 22.5 Å². The van der Waals surface area contributed by atoms with Crippen LogP contribution in [-0.4, -0.2) is 43.9 Å². The molecule has 3 aromatic heterocycles. The average molecular weight is 501 g/mol. The predicted molar refractivity (Wildman–Crippen MR) is 132 cm³/mol. The maximum absolute atomic E-state index is 14.8. The van der Waals surface area contributed by atoms with Gasteiger partial charge in [-0.3, -0.25) is 9.36 Å². The van der Waals surface area contributed by atoms with Crippen LogP contribution in [0.25, 0.3) is 16.9 Å². The van der Waals surface area contributed by atoms with Crippen molar-refractivity contribution in [1.82, 2.24) is 19.9 Å². The number of carbonyl (C=O) groups is 1. The molecule has 37 heavy (non-hydrogen) atoms. The Morgan fingerprint density at radius 1 is 1.16 bits per heavy atom. The molecule has 1 amide bonds. The Bertz CT molecular complexity index is 1580. The van der Waals surface area contributed by atoms with Crippen LogP contribution in [0, 0.1) is 28.5 Å². The van der Waals surface area contributed by atoms with Gasteiger partial charge in [-0.05, 0) is 38.1 Å². The van der Waals surface area contributed by atoms with Crippen LogP contribution < -0.4 is 10.6 Å². The first-order valence-corrected chi connectivity index (χ1v) is 11.1. The van der Waals surface area contributed by atoms with Crippen molar-refractivity contribution in [2.75, 3.05) is 11.9 Å². The number of rotatable bonds is 7. The summed E-state index contributed by atoms with van der Waals surface area (Å²) in [6, 6.07) is 12.9. The van der Waals surface area contributed by atoms with E-state index in [2.05, 4.69) is 20.6 Å². The molecule has 4 aromatic rings. The summed E-state index contributed by atoms with van der Waals surface area (Å²) >= 11 is 0. The van der Waals surface area contributed by atoms with Crippen molar-refractivity contribution >= 4 is 28.3 Å². The number of carbonyl (C=O) groups excluding carboxylic acids is 1. The fraction of sp³-hybridized carbons (Fsp3) is 0.192. The van der Waals surface area contributed by atoms with E-state index >= 15 is 0 Å². The van der Waals surface area contributed by atoms with Crippen LogP contribution in [0.4, 0.5) is 20.2 Å². The summed E-state index contributed by atoms with van der Waals surface area (Å²) in [5.41, 5.74) is -0.916. The van der Waals surface area contributed by atoms with Crippen molar-refractivity contribution in [1.29, 1.82) is 10.5 Å². The molecule has 1 atom stereocenters. The fourth-order valence-corrected chi connectivity index (χ4v) is 3.52. The predicted octanol–water partition coefficient (Wildman–Crippen LogP) is 3.89. The monoisotopic (exact) mass is 501 g/mol. The van der Waals surface area contributed by atoms with Crippen molar-refractivity contribution in [2.24, 2.45) is 0 Å². The molecule has 186 valence electrons. The van der Waals surface area contributed by atoms with E-state index in [1.807, 2.05) is 6.07 Å². The molecule has 3 heterocycles. The Morgan fingerprint density at radius 3 is 2.65 bits per heavy atom. The summed E-state index contributed by atoms with van der Waals surface area (Å²) in [6.45, 7) is 2.11. The molecule has 0 aliphatic heterocycles. The first kappa shape index (κ1) is 25.2. The zero-order valence-corrected chi connectivity index (χ0v) is 19.8. The average Bonchev–Trinajstić information content (AvgIpc) is 3.30. The Balaban J connectivity index is 1.76. The summed E-state index contributed by atoms with van der Waals surface area (Å²) in [5, 5.41) is 34.0. The second-order valence-corrected chi connectivity index (χ2v) is 8.76. The number of aliphatic hydroxyl groups is 1. The number of benzene rings is 1. The molecule has 0 saturated heterocycles.